The van der Waals surface area contributed by atoms with Crippen LogP contribution in [0, 0.1) is 5.41 Å². The van der Waals surface area contributed by atoms with Crippen LogP contribution in [-0.4, -0.2) is 41.3 Å². The van der Waals surface area contributed by atoms with Gasteiger partial charge in [-0.2, -0.15) is 0 Å². The van der Waals surface area contributed by atoms with Crippen LogP contribution in [-0.2, 0) is 0 Å². The third-order valence-corrected chi connectivity index (χ3v) is 4.08. The van der Waals surface area contributed by atoms with Crippen LogP contribution in [0.5, 0.6) is 0 Å². The van der Waals surface area contributed by atoms with E-state index in [-0.39, 0.29) is 17.2 Å². The van der Waals surface area contributed by atoms with Crippen molar-refractivity contribution < 1.29 is 9.59 Å². The van der Waals surface area contributed by atoms with Crippen molar-refractivity contribution in [2.75, 3.05) is 19.6 Å². The molecule has 100 valence electrons. The molecule has 0 saturated carbocycles. The number of carbonyl (C=O) groups is 2. The molecule has 0 aliphatic carbocycles. The molecule has 0 unspecified atom stereocenters. The van der Waals surface area contributed by atoms with Crippen molar-refractivity contribution in [3.63, 3.8) is 0 Å². The third-order valence-electron chi connectivity index (χ3n) is 4.08. The molecule has 0 aromatic carbocycles. The number of amides is 2. The first-order valence-corrected chi connectivity index (χ1v) is 6.63. The van der Waals surface area contributed by atoms with Gasteiger partial charge in [-0.1, -0.05) is 6.92 Å². The van der Waals surface area contributed by atoms with Crippen molar-refractivity contribution in [2.45, 2.75) is 19.8 Å². The lowest BCUT2D eigenvalue weighted by Gasteiger charge is -2.36. The van der Waals surface area contributed by atoms with Crippen molar-refractivity contribution in [1.82, 2.24) is 15.2 Å². The number of pyridine rings is 1. The minimum atomic E-state index is -0.250. The first-order valence-electron chi connectivity index (χ1n) is 6.63. The third kappa shape index (κ3) is 2.04. The lowest BCUT2D eigenvalue weighted by Crippen LogP contribution is -2.45. The van der Waals surface area contributed by atoms with Gasteiger partial charge < -0.3 is 5.32 Å². The number of fused-ring (bicyclic) bond motifs is 1. The van der Waals surface area contributed by atoms with Crippen molar-refractivity contribution in [1.29, 1.82) is 0 Å². The Morgan fingerprint density at radius 2 is 2.05 bits per heavy atom. The standard InChI is InChI=1S/C14H17N3O2/c1-14(4-7-15-8-5-14)9-17-12(18)10-3-2-6-16-11(10)13(17)19/h2-3,6,15H,4-5,7-9H2,1H3. The summed E-state index contributed by atoms with van der Waals surface area (Å²) in [5.74, 6) is -0.451. The summed E-state index contributed by atoms with van der Waals surface area (Å²) >= 11 is 0. The Morgan fingerprint density at radius 3 is 2.74 bits per heavy atom. The number of carbonyl (C=O) groups excluding carboxylic acids is 2. The zero-order valence-electron chi connectivity index (χ0n) is 11.0. The predicted molar refractivity (Wildman–Crippen MR) is 69.8 cm³/mol. The fraction of sp³-hybridized carbons (Fsp3) is 0.500. The molecule has 1 saturated heterocycles. The van der Waals surface area contributed by atoms with Crippen LogP contribution < -0.4 is 5.32 Å². The van der Waals surface area contributed by atoms with Gasteiger partial charge in [0, 0.05) is 12.7 Å². The molecule has 2 amide bonds. The Morgan fingerprint density at radius 1 is 1.32 bits per heavy atom. The van der Waals surface area contributed by atoms with Crippen LogP contribution in [0.3, 0.4) is 0 Å². The van der Waals surface area contributed by atoms with Crippen LogP contribution >= 0.6 is 0 Å². The van der Waals surface area contributed by atoms with Gasteiger partial charge in [-0.05, 0) is 43.5 Å². The SMILES string of the molecule is CC1(CN2C(=O)c3cccnc3C2=O)CCNCC1. The minimum absolute atomic E-state index is 0.0125. The molecule has 0 radical (unpaired) electrons. The minimum Gasteiger partial charge on any atom is -0.317 e. The second-order valence-electron chi connectivity index (χ2n) is 5.66. The van der Waals surface area contributed by atoms with E-state index in [0.29, 0.717) is 17.8 Å². The van der Waals surface area contributed by atoms with E-state index in [1.165, 1.54) is 4.90 Å². The Bertz CT molecular complexity index is 500. The molecule has 2 aliphatic rings. The lowest BCUT2D eigenvalue weighted by atomic mass is 9.80. The first kappa shape index (κ1) is 12.3. The normalized spacial score (nSPS) is 21.6. The van der Waals surface area contributed by atoms with Crippen LogP contribution in [0.15, 0.2) is 18.3 Å². The van der Waals surface area contributed by atoms with Crippen LogP contribution in [0.1, 0.15) is 40.6 Å². The second kappa shape index (κ2) is 4.42. The summed E-state index contributed by atoms with van der Waals surface area (Å²) in [4.78, 5) is 29.9. The van der Waals surface area contributed by atoms with E-state index in [2.05, 4.69) is 17.2 Å². The van der Waals surface area contributed by atoms with Crippen LogP contribution in [0.25, 0.3) is 0 Å². The van der Waals surface area contributed by atoms with E-state index in [4.69, 9.17) is 0 Å². The van der Waals surface area contributed by atoms with Crippen molar-refractivity contribution in [2.24, 2.45) is 5.41 Å². The molecule has 1 aromatic heterocycles. The summed E-state index contributed by atoms with van der Waals surface area (Å²) in [5.41, 5.74) is 0.744. The average Bonchev–Trinajstić information content (AvgIpc) is 2.65. The molecular weight excluding hydrogens is 242 g/mol. The van der Waals surface area contributed by atoms with E-state index in [1.807, 2.05) is 0 Å². The molecule has 2 aliphatic heterocycles. The summed E-state index contributed by atoms with van der Waals surface area (Å²) in [6.07, 6.45) is 3.52. The summed E-state index contributed by atoms with van der Waals surface area (Å²) in [6, 6.07) is 3.37. The van der Waals surface area contributed by atoms with E-state index < -0.39 is 0 Å². The maximum atomic E-state index is 12.3. The van der Waals surface area contributed by atoms with Gasteiger partial charge >= 0.3 is 0 Å². The number of rotatable bonds is 2. The number of aromatic nitrogens is 1. The van der Waals surface area contributed by atoms with Crippen LogP contribution in [0.2, 0.25) is 0 Å². The summed E-state index contributed by atoms with van der Waals surface area (Å²) < 4.78 is 0. The number of piperidine rings is 1. The zero-order valence-corrected chi connectivity index (χ0v) is 11.0. The van der Waals surface area contributed by atoms with E-state index in [9.17, 15) is 9.59 Å². The van der Waals surface area contributed by atoms with Crippen molar-refractivity contribution in [3.8, 4) is 0 Å². The molecule has 0 atom stereocenters. The summed E-state index contributed by atoms with van der Waals surface area (Å²) in [7, 11) is 0. The molecule has 1 aromatic rings. The van der Waals surface area contributed by atoms with Crippen molar-refractivity contribution >= 4 is 11.8 Å². The van der Waals surface area contributed by atoms with Gasteiger partial charge in [0.25, 0.3) is 11.8 Å². The molecule has 1 N–H and O–H groups in total. The Hall–Kier alpha value is -1.75. The highest BCUT2D eigenvalue weighted by atomic mass is 16.2. The smallest absolute Gasteiger partial charge is 0.280 e. The first-order chi connectivity index (χ1) is 9.11. The molecule has 1 fully saturated rings. The van der Waals surface area contributed by atoms with Gasteiger partial charge in [0.15, 0.2) is 0 Å². The Labute approximate surface area is 112 Å². The molecule has 0 spiro atoms. The zero-order chi connectivity index (χ0) is 13.5. The van der Waals surface area contributed by atoms with Gasteiger partial charge in [-0.3, -0.25) is 19.5 Å². The Balaban J connectivity index is 1.84. The topological polar surface area (TPSA) is 62.3 Å². The van der Waals surface area contributed by atoms with Gasteiger partial charge in [-0.25, -0.2) is 0 Å². The Kier molecular flexibility index (Phi) is 2.86. The van der Waals surface area contributed by atoms with Gasteiger partial charge in [-0.15, -0.1) is 0 Å². The molecule has 3 heterocycles. The quantitative estimate of drug-likeness (QED) is 0.807. The summed E-state index contributed by atoms with van der Waals surface area (Å²) in [6.45, 7) is 4.52. The highest BCUT2D eigenvalue weighted by molar-refractivity contribution is 6.20. The molecule has 0 bridgehead atoms. The number of nitrogens with one attached hydrogen (secondary N) is 1. The number of imide groups is 1. The maximum absolute atomic E-state index is 12.3. The van der Waals surface area contributed by atoms with E-state index in [1.54, 1.807) is 18.3 Å². The van der Waals surface area contributed by atoms with Crippen LogP contribution in [0.4, 0.5) is 0 Å². The highest BCUT2D eigenvalue weighted by Gasteiger charge is 2.41. The molecular formula is C14H17N3O2. The van der Waals surface area contributed by atoms with Gasteiger partial charge in [0.05, 0.1) is 5.56 Å². The average molecular weight is 259 g/mol. The van der Waals surface area contributed by atoms with Crippen molar-refractivity contribution in [3.05, 3.63) is 29.6 Å². The number of nitrogens with zero attached hydrogens (tertiary/aromatic N) is 2. The maximum Gasteiger partial charge on any atom is 0.280 e. The fourth-order valence-electron chi connectivity index (χ4n) is 2.83. The number of hydrogen-bond donors (Lipinski definition) is 1. The second-order valence-corrected chi connectivity index (χ2v) is 5.66. The van der Waals surface area contributed by atoms with E-state index in [0.717, 1.165) is 25.9 Å². The van der Waals surface area contributed by atoms with E-state index >= 15 is 0 Å². The molecule has 3 rings (SSSR count). The number of hydrogen-bond acceptors (Lipinski definition) is 4. The molecule has 5 nitrogen and oxygen atoms in total. The lowest BCUT2D eigenvalue weighted by molar-refractivity contribution is 0.0546. The fourth-order valence-corrected chi connectivity index (χ4v) is 2.83. The predicted octanol–water partition coefficient (Wildman–Crippen LogP) is 1.07. The van der Waals surface area contributed by atoms with Gasteiger partial charge in [0.1, 0.15) is 5.69 Å². The van der Waals surface area contributed by atoms with Gasteiger partial charge in [0.2, 0.25) is 0 Å². The molecule has 19 heavy (non-hydrogen) atoms. The molecule has 5 heteroatoms. The monoisotopic (exact) mass is 259 g/mol. The highest BCUT2D eigenvalue weighted by Crippen LogP contribution is 2.32. The summed E-state index contributed by atoms with van der Waals surface area (Å²) in [5, 5.41) is 3.30. The largest absolute Gasteiger partial charge is 0.317 e.